The molecule has 1 nitrogen and oxygen atoms in total. The molecule has 0 heterocycles. The number of nitrogen functional groups attached to an aromatic ring is 1. The highest BCUT2D eigenvalue weighted by Gasteiger charge is 2.30. The third-order valence-electron chi connectivity index (χ3n) is 1.73. The SMILES string of the molecule is Nc1cc(C(F)(F)P)cc(C(F)(F)P)c1. The van der Waals surface area contributed by atoms with Gasteiger partial charge in [0.1, 0.15) is 0 Å². The summed E-state index contributed by atoms with van der Waals surface area (Å²) in [4.78, 5) is 0. The highest BCUT2D eigenvalue weighted by atomic mass is 31.0. The molecule has 0 amide bonds. The van der Waals surface area contributed by atoms with E-state index in [0.717, 1.165) is 18.2 Å². The van der Waals surface area contributed by atoms with Crippen LogP contribution < -0.4 is 5.73 Å². The molecule has 2 unspecified atom stereocenters. The fourth-order valence-electron chi connectivity index (χ4n) is 1.04. The molecular weight excluding hydrogens is 248 g/mol. The smallest absolute Gasteiger partial charge is 0.283 e. The molecular formula is C8H9F4NP2. The average molecular weight is 257 g/mol. The molecule has 2 atom stereocenters. The summed E-state index contributed by atoms with van der Waals surface area (Å²) in [6, 6.07) is 2.66. The van der Waals surface area contributed by atoms with Crippen LogP contribution in [0.3, 0.4) is 0 Å². The molecule has 7 heteroatoms. The summed E-state index contributed by atoms with van der Waals surface area (Å²) >= 11 is 0. The Bertz CT molecular complexity index is 338. The van der Waals surface area contributed by atoms with E-state index in [2.05, 4.69) is 0 Å². The summed E-state index contributed by atoms with van der Waals surface area (Å²) in [7, 11) is 2.55. The monoisotopic (exact) mass is 257 g/mol. The van der Waals surface area contributed by atoms with E-state index in [0.29, 0.717) is 0 Å². The first-order valence-electron chi connectivity index (χ1n) is 3.85. The fraction of sp³-hybridized carbons (Fsp3) is 0.250. The maximum atomic E-state index is 12.9. The molecule has 0 bridgehead atoms. The molecule has 0 saturated heterocycles. The molecule has 1 rings (SSSR count). The van der Waals surface area contributed by atoms with Crippen molar-refractivity contribution >= 4 is 24.2 Å². The Morgan fingerprint density at radius 2 is 1.20 bits per heavy atom. The van der Waals surface area contributed by atoms with Crippen molar-refractivity contribution in [2.24, 2.45) is 0 Å². The van der Waals surface area contributed by atoms with Gasteiger partial charge >= 0.3 is 0 Å². The van der Waals surface area contributed by atoms with Gasteiger partial charge in [-0.2, -0.15) is 17.6 Å². The maximum Gasteiger partial charge on any atom is 0.283 e. The van der Waals surface area contributed by atoms with E-state index >= 15 is 0 Å². The molecule has 2 N–H and O–H groups in total. The van der Waals surface area contributed by atoms with Crippen LogP contribution in [0.15, 0.2) is 18.2 Å². The topological polar surface area (TPSA) is 26.0 Å². The minimum Gasteiger partial charge on any atom is -0.399 e. The predicted octanol–water partition coefficient (Wildman–Crippen LogP) is 3.12. The van der Waals surface area contributed by atoms with Crippen molar-refractivity contribution in [3.63, 3.8) is 0 Å². The number of hydrogen-bond donors (Lipinski definition) is 1. The van der Waals surface area contributed by atoms with Crippen molar-refractivity contribution in [1.82, 2.24) is 0 Å². The summed E-state index contributed by atoms with van der Waals surface area (Å²) in [6.07, 6.45) is 0. The lowest BCUT2D eigenvalue weighted by atomic mass is 10.1. The normalized spacial score (nSPS) is 12.9. The second kappa shape index (κ2) is 3.88. The summed E-state index contributed by atoms with van der Waals surface area (Å²) < 4.78 is 51.4. The van der Waals surface area contributed by atoms with E-state index in [-0.39, 0.29) is 5.69 Å². The van der Waals surface area contributed by atoms with Crippen molar-refractivity contribution in [1.29, 1.82) is 0 Å². The highest BCUT2D eigenvalue weighted by molar-refractivity contribution is 7.18. The number of halogens is 4. The lowest BCUT2D eigenvalue weighted by molar-refractivity contribution is 0.0966. The van der Waals surface area contributed by atoms with Crippen molar-refractivity contribution in [2.45, 2.75) is 11.3 Å². The standard InChI is InChI=1S/C8H9F4NP2/c9-7(10,14)4-1-5(8(11,12)15)3-6(13)2-4/h1-3H,13-15H2. The van der Waals surface area contributed by atoms with E-state index in [4.69, 9.17) is 5.73 Å². The number of rotatable bonds is 2. The molecule has 0 fully saturated rings. The van der Waals surface area contributed by atoms with Crippen LogP contribution >= 0.6 is 18.5 Å². The Labute approximate surface area is 88.8 Å². The minimum atomic E-state index is -3.26. The van der Waals surface area contributed by atoms with E-state index in [1.807, 2.05) is 0 Å². The molecule has 1 aromatic carbocycles. The molecule has 0 saturated carbocycles. The number of nitrogens with two attached hydrogens (primary N) is 1. The van der Waals surface area contributed by atoms with Crippen LogP contribution in [-0.2, 0) is 11.3 Å². The first-order valence-corrected chi connectivity index (χ1v) is 5.01. The summed E-state index contributed by atoms with van der Waals surface area (Å²) in [5, 5.41) is 0. The first-order chi connectivity index (χ1) is 6.60. The van der Waals surface area contributed by atoms with E-state index in [1.165, 1.54) is 18.5 Å². The maximum absolute atomic E-state index is 12.9. The fourth-order valence-corrected chi connectivity index (χ4v) is 1.37. The Balaban J connectivity index is 3.30. The van der Waals surface area contributed by atoms with Gasteiger partial charge in [-0.05, 0) is 18.2 Å². The minimum absolute atomic E-state index is 0.119. The van der Waals surface area contributed by atoms with Crippen LogP contribution in [0.25, 0.3) is 0 Å². The van der Waals surface area contributed by atoms with Crippen molar-refractivity contribution in [3.8, 4) is 0 Å². The number of hydrogen-bond acceptors (Lipinski definition) is 1. The van der Waals surface area contributed by atoms with Gasteiger partial charge < -0.3 is 5.73 Å². The van der Waals surface area contributed by atoms with Gasteiger partial charge in [0.25, 0.3) is 11.3 Å². The number of benzene rings is 1. The van der Waals surface area contributed by atoms with E-state index < -0.39 is 22.5 Å². The number of alkyl halides is 4. The van der Waals surface area contributed by atoms with Crippen LogP contribution in [0.5, 0.6) is 0 Å². The lowest BCUT2D eigenvalue weighted by Gasteiger charge is -2.16. The third kappa shape index (κ3) is 3.29. The number of anilines is 1. The second-order valence-corrected chi connectivity index (χ2v) is 4.54. The van der Waals surface area contributed by atoms with Crippen LogP contribution in [0.2, 0.25) is 0 Å². The first kappa shape index (κ1) is 12.7. The van der Waals surface area contributed by atoms with Crippen LogP contribution in [0.4, 0.5) is 23.2 Å². The zero-order chi connectivity index (χ0) is 11.9. The van der Waals surface area contributed by atoms with Gasteiger partial charge in [0.2, 0.25) is 0 Å². The van der Waals surface area contributed by atoms with Gasteiger partial charge in [0.05, 0.1) is 0 Å². The van der Waals surface area contributed by atoms with Crippen LogP contribution in [-0.4, -0.2) is 0 Å². The van der Waals surface area contributed by atoms with Crippen LogP contribution in [0.1, 0.15) is 11.1 Å². The Morgan fingerprint density at radius 3 is 1.47 bits per heavy atom. The molecule has 0 aromatic heterocycles. The van der Waals surface area contributed by atoms with Gasteiger partial charge in [-0.1, -0.05) is 18.5 Å². The second-order valence-electron chi connectivity index (χ2n) is 3.09. The highest BCUT2D eigenvalue weighted by Crippen LogP contribution is 2.41. The van der Waals surface area contributed by atoms with Crippen molar-refractivity contribution < 1.29 is 17.6 Å². The van der Waals surface area contributed by atoms with E-state index in [1.54, 1.807) is 0 Å². The van der Waals surface area contributed by atoms with E-state index in [9.17, 15) is 17.6 Å². The molecule has 15 heavy (non-hydrogen) atoms. The lowest BCUT2D eigenvalue weighted by Crippen LogP contribution is -2.09. The molecule has 0 aliphatic heterocycles. The molecule has 1 aromatic rings. The third-order valence-corrected chi connectivity index (χ3v) is 2.39. The van der Waals surface area contributed by atoms with Gasteiger partial charge in [-0.25, -0.2) is 0 Å². The van der Waals surface area contributed by atoms with Gasteiger partial charge in [0.15, 0.2) is 0 Å². The average Bonchev–Trinajstić information content (AvgIpc) is 1.99. The van der Waals surface area contributed by atoms with Gasteiger partial charge in [-0.3, -0.25) is 0 Å². The zero-order valence-electron chi connectivity index (χ0n) is 7.48. The molecule has 0 aliphatic carbocycles. The van der Waals surface area contributed by atoms with Crippen molar-refractivity contribution in [2.75, 3.05) is 5.73 Å². The molecule has 84 valence electrons. The summed E-state index contributed by atoms with van der Waals surface area (Å²) in [5.41, 5.74) is -2.48. The molecule has 0 spiro atoms. The Morgan fingerprint density at radius 1 is 0.867 bits per heavy atom. The molecule has 0 radical (unpaired) electrons. The zero-order valence-corrected chi connectivity index (χ0v) is 9.79. The predicted molar refractivity (Wildman–Crippen MR) is 58.1 cm³/mol. The van der Waals surface area contributed by atoms with Crippen molar-refractivity contribution in [3.05, 3.63) is 29.3 Å². The summed E-state index contributed by atoms with van der Waals surface area (Å²) in [5.74, 6) is 0. The van der Waals surface area contributed by atoms with Crippen LogP contribution in [0, 0.1) is 0 Å². The Hall–Kier alpha value is -0.400. The van der Waals surface area contributed by atoms with Gasteiger partial charge in [0, 0.05) is 16.8 Å². The Kier molecular flexibility index (Phi) is 3.27. The van der Waals surface area contributed by atoms with Gasteiger partial charge in [-0.15, -0.1) is 0 Å². The quantitative estimate of drug-likeness (QED) is 0.491. The summed E-state index contributed by atoms with van der Waals surface area (Å²) in [6.45, 7) is 0. The largest absolute Gasteiger partial charge is 0.399 e. The molecule has 0 aliphatic rings.